The molecule has 0 saturated carbocycles. The van der Waals surface area contributed by atoms with E-state index in [0.29, 0.717) is 0 Å². The molecule has 0 atom stereocenters. The molecule has 0 aliphatic carbocycles. The summed E-state index contributed by atoms with van der Waals surface area (Å²) in [6, 6.07) is 24.5. The van der Waals surface area contributed by atoms with Gasteiger partial charge in [-0.1, -0.05) is 36.4 Å². The maximum Gasteiger partial charge on any atom is 0.494 e. The van der Waals surface area contributed by atoms with E-state index in [9.17, 15) is 0 Å². The van der Waals surface area contributed by atoms with Crippen LogP contribution in [0.2, 0.25) is 0 Å². The van der Waals surface area contributed by atoms with Crippen molar-refractivity contribution in [1.82, 2.24) is 0 Å². The molecule has 5 heteroatoms. The van der Waals surface area contributed by atoms with Crippen LogP contribution >= 0.6 is 0 Å². The molecule has 2 aliphatic rings. The highest BCUT2D eigenvalue weighted by atomic mass is 16.7. The minimum atomic E-state index is -0.397. The average Bonchev–Trinajstić information content (AvgIpc) is 2.93. The van der Waals surface area contributed by atoms with E-state index in [2.05, 4.69) is 69.0 Å². The van der Waals surface area contributed by atoms with Gasteiger partial charge in [0.05, 0.1) is 22.6 Å². The van der Waals surface area contributed by atoms with Crippen LogP contribution in [0.1, 0.15) is 27.7 Å². The highest BCUT2D eigenvalue weighted by Crippen LogP contribution is 2.49. The van der Waals surface area contributed by atoms with Crippen LogP contribution in [-0.2, 0) is 9.31 Å². The predicted octanol–water partition coefficient (Wildman–Crippen LogP) is 5.56. The summed E-state index contributed by atoms with van der Waals surface area (Å²) in [5.74, 6) is 1.68. The Morgan fingerprint density at radius 1 is 0.690 bits per heavy atom. The summed E-state index contributed by atoms with van der Waals surface area (Å²) in [7, 11) is -0.397. The van der Waals surface area contributed by atoms with Gasteiger partial charge in [0, 0.05) is 5.69 Å². The summed E-state index contributed by atoms with van der Waals surface area (Å²) < 4.78 is 18.7. The fraction of sp³-hybridized carbons (Fsp3) is 0.250. The molecule has 0 N–H and O–H groups in total. The monoisotopic (exact) mass is 385 g/mol. The van der Waals surface area contributed by atoms with Crippen molar-refractivity contribution in [2.24, 2.45) is 0 Å². The lowest BCUT2D eigenvalue weighted by atomic mass is 9.79. The SMILES string of the molecule is CC1(C)OB(c2cccc(N3c4ccccc4Oc4ccccc43)c2)OC1(C)C. The number of hydrogen-bond acceptors (Lipinski definition) is 4. The highest BCUT2D eigenvalue weighted by molar-refractivity contribution is 6.62. The van der Waals surface area contributed by atoms with Crippen molar-refractivity contribution in [3.05, 3.63) is 72.8 Å². The quantitative estimate of drug-likeness (QED) is 0.423. The molecule has 29 heavy (non-hydrogen) atoms. The van der Waals surface area contributed by atoms with Crippen LogP contribution in [0.5, 0.6) is 11.5 Å². The molecule has 0 spiro atoms. The summed E-state index contributed by atoms with van der Waals surface area (Å²) in [6.45, 7) is 8.30. The number of anilines is 3. The number of hydrogen-bond donors (Lipinski definition) is 0. The summed E-state index contributed by atoms with van der Waals surface area (Å²) in [5, 5.41) is 0. The normalized spacial score (nSPS) is 18.8. The first kappa shape index (κ1) is 18.3. The lowest BCUT2D eigenvalue weighted by Gasteiger charge is -2.33. The lowest BCUT2D eigenvalue weighted by Crippen LogP contribution is -2.41. The Morgan fingerprint density at radius 2 is 1.24 bits per heavy atom. The molecule has 146 valence electrons. The highest BCUT2D eigenvalue weighted by Gasteiger charge is 2.51. The maximum absolute atomic E-state index is 6.27. The van der Waals surface area contributed by atoms with Gasteiger partial charge in [0.25, 0.3) is 0 Å². The molecule has 2 aliphatic heterocycles. The van der Waals surface area contributed by atoms with Crippen LogP contribution in [0.4, 0.5) is 17.1 Å². The Labute approximate surface area is 172 Å². The van der Waals surface area contributed by atoms with Crippen LogP contribution in [0.25, 0.3) is 0 Å². The molecule has 4 nitrogen and oxygen atoms in total. The number of ether oxygens (including phenoxy) is 1. The van der Waals surface area contributed by atoms with Gasteiger partial charge in [-0.2, -0.15) is 0 Å². The topological polar surface area (TPSA) is 30.9 Å². The third-order valence-electron chi connectivity index (χ3n) is 6.09. The Hall–Kier alpha value is -2.76. The van der Waals surface area contributed by atoms with E-state index in [-0.39, 0.29) is 11.2 Å². The molecule has 0 bridgehead atoms. The second-order valence-electron chi connectivity index (χ2n) is 8.56. The number of nitrogens with zero attached hydrogens (tertiary/aromatic N) is 1. The van der Waals surface area contributed by atoms with E-state index < -0.39 is 7.12 Å². The van der Waals surface area contributed by atoms with E-state index in [1.165, 1.54) is 0 Å². The van der Waals surface area contributed by atoms with Gasteiger partial charge >= 0.3 is 7.12 Å². The number of benzene rings is 3. The zero-order valence-corrected chi connectivity index (χ0v) is 17.2. The molecule has 0 aromatic heterocycles. The minimum Gasteiger partial charge on any atom is -0.453 e. The average molecular weight is 385 g/mol. The Balaban J connectivity index is 1.59. The fourth-order valence-electron chi connectivity index (χ4n) is 3.77. The second kappa shape index (κ2) is 6.38. The third kappa shape index (κ3) is 2.93. The Bertz CT molecular complexity index is 1020. The smallest absolute Gasteiger partial charge is 0.453 e. The van der Waals surface area contributed by atoms with Gasteiger partial charge in [0.2, 0.25) is 0 Å². The Morgan fingerprint density at radius 3 is 1.83 bits per heavy atom. The van der Waals surface area contributed by atoms with Crippen molar-refractivity contribution in [2.45, 2.75) is 38.9 Å². The minimum absolute atomic E-state index is 0.369. The van der Waals surface area contributed by atoms with Crippen LogP contribution in [0.3, 0.4) is 0 Å². The lowest BCUT2D eigenvalue weighted by molar-refractivity contribution is 0.00578. The van der Waals surface area contributed by atoms with Crippen molar-refractivity contribution in [3.63, 3.8) is 0 Å². The number of fused-ring (bicyclic) bond motifs is 2. The van der Waals surface area contributed by atoms with Gasteiger partial charge in [0.15, 0.2) is 11.5 Å². The van der Waals surface area contributed by atoms with Gasteiger partial charge in [0.1, 0.15) is 0 Å². The second-order valence-corrected chi connectivity index (χ2v) is 8.56. The van der Waals surface area contributed by atoms with Crippen LogP contribution in [0.15, 0.2) is 72.8 Å². The number of rotatable bonds is 2. The Kier molecular flexibility index (Phi) is 4.02. The maximum atomic E-state index is 6.27. The van der Waals surface area contributed by atoms with Gasteiger partial charge in [-0.15, -0.1) is 0 Å². The van der Waals surface area contributed by atoms with Gasteiger partial charge in [-0.05, 0) is 69.6 Å². The number of para-hydroxylation sites is 4. The molecule has 2 heterocycles. The van der Waals surface area contributed by atoms with Crippen molar-refractivity contribution in [3.8, 4) is 11.5 Å². The van der Waals surface area contributed by atoms with E-state index in [4.69, 9.17) is 14.0 Å². The van der Waals surface area contributed by atoms with E-state index in [1.807, 2.05) is 36.4 Å². The van der Waals surface area contributed by atoms with Gasteiger partial charge in [-0.25, -0.2) is 0 Å². The predicted molar refractivity (Wildman–Crippen MR) is 117 cm³/mol. The molecule has 1 saturated heterocycles. The van der Waals surface area contributed by atoms with E-state index >= 15 is 0 Å². The van der Waals surface area contributed by atoms with Crippen LogP contribution in [0, 0.1) is 0 Å². The van der Waals surface area contributed by atoms with Crippen molar-refractivity contribution < 1.29 is 14.0 Å². The van der Waals surface area contributed by atoms with E-state index in [0.717, 1.165) is 34.0 Å². The molecular weight excluding hydrogens is 361 g/mol. The molecule has 5 rings (SSSR count). The standard InChI is InChI=1S/C24H24BNO3/c1-23(2)24(3,4)29-25(28-23)17-10-9-11-18(16-17)26-19-12-5-7-14-21(19)27-22-15-8-6-13-20(22)26/h5-16H,1-4H3. The third-order valence-corrected chi connectivity index (χ3v) is 6.09. The van der Waals surface area contributed by atoms with Crippen molar-refractivity contribution in [1.29, 1.82) is 0 Å². The van der Waals surface area contributed by atoms with Gasteiger partial charge in [-0.3, -0.25) is 0 Å². The zero-order chi connectivity index (χ0) is 20.2. The first-order chi connectivity index (χ1) is 13.9. The van der Waals surface area contributed by atoms with E-state index in [1.54, 1.807) is 0 Å². The molecule has 3 aromatic carbocycles. The zero-order valence-electron chi connectivity index (χ0n) is 17.2. The molecule has 3 aromatic rings. The van der Waals surface area contributed by atoms with Crippen LogP contribution < -0.4 is 15.1 Å². The first-order valence-electron chi connectivity index (χ1n) is 9.97. The summed E-state index contributed by atoms with van der Waals surface area (Å²) in [5.41, 5.74) is 3.33. The first-order valence-corrected chi connectivity index (χ1v) is 9.97. The van der Waals surface area contributed by atoms with Crippen LogP contribution in [-0.4, -0.2) is 18.3 Å². The van der Waals surface area contributed by atoms with Crippen molar-refractivity contribution in [2.75, 3.05) is 4.90 Å². The summed E-state index contributed by atoms with van der Waals surface area (Å²) >= 11 is 0. The largest absolute Gasteiger partial charge is 0.494 e. The summed E-state index contributed by atoms with van der Waals surface area (Å²) in [6.07, 6.45) is 0. The molecule has 0 unspecified atom stereocenters. The molecule has 0 amide bonds. The summed E-state index contributed by atoms with van der Waals surface area (Å²) in [4.78, 5) is 2.23. The molecular formula is C24H24BNO3. The molecule has 0 radical (unpaired) electrons. The molecule has 1 fully saturated rings. The fourth-order valence-corrected chi connectivity index (χ4v) is 3.77. The van der Waals surface area contributed by atoms with Crippen molar-refractivity contribution >= 4 is 29.6 Å². The van der Waals surface area contributed by atoms with Gasteiger partial charge < -0.3 is 18.9 Å².